The van der Waals surface area contributed by atoms with Crippen molar-refractivity contribution in [1.82, 2.24) is 4.90 Å². The first-order valence-corrected chi connectivity index (χ1v) is 8.99. The number of nitrogens with one attached hydrogen (secondary N) is 1. The summed E-state index contributed by atoms with van der Waals surface area (Å²) in [4.78, 5) is 13.4. The molecule has 2 aromatic carbocycles. The SMILES string of the molecule is CC1CC(Nc2cc(CO)ccc2[N+](=O)[O-])CCN1Cc1ccccc1. The molecule has 2 aromatic rings. The first kappa shape index (κ1) is 18.4. The van der Waals surface area contributed by atoms with Crippen LogP contribution in [0.5, 0.6) is 0 Å². The highest BCUT2D eigenvalue weighted by molar-refractivity contribution is 5.63. The third-order valence-electron chi connectivity index (χ3n) is 5.04. The monoisotopic (exact) mass is 355 g/mol. The van der Waals surface area contributed by atoms with Crippen LogP contribution in [0.25, 0.3) is 0 Å². The molecule has 1 aliphatic heterocycles. The Balaban J connectivity index is 1.65. The van der Waals surface area contributed by atoms with Crippen LogP contribution in [-0.4, -0.2) is 33.6 Å². The summed E-state index contributed by atoms with van der Waals surface area (Å²) in [6.07, 6.45) is 1.85. The molecule has 138 valence electrons. The number of anilines is 1. The number of aliphatic hydroxyl groups is 1. The largest absolute Gasteiger partial charge is 0.392 e. The van der Waals surface area contributed by atoms with Gasteiger partial charge in [0.1, 0.15) is 5.69 Å². The number of hydrogen-bond donors (Lipinski definition) is 2. The molecule has 0 aromatic heterocycles. The summed E-state index contributed by atoms with van der Waals surface area (Å²) in [5.74, 6) is 0. The molecule has 0 aliphatic carbocycles. The number of rotatable bonds is 6. The van der Waals surface area contributed by atoms with Crippen molar-refractivity contribution in [3.63, 3.8) is 0 Å². The summed E-state index contributed by atoms with van der Waals surface area (Å²) in [7, 11) is 0. The van der Waals surface area contributed by atoms with Gasteiger partial charge in [-0.3, -0.25) is 15.0 Å². The van der Waals surface area contributed by atoms with E-state index in [1.807, 2.05) is 6.07 Å². The lowest BCUT2D eigenvalue weighted by Gasteiger charge is -2.38. The van der Waals surface area contributed by atoms with Crippen molar-refractivity contribution >= 4 is 11.4 Å². The fourth-order valence-corrected chi connectivity index (χ4v) is 3.58. The highest BCUT2D eigenvalue weighted by atomic mass is 16.6. The maximum absolute atomic E-state index is 11.3. The van der Waals surface area contributed by atoms with E-state index in [0.29, 0.717) is 17.3 Å². The molecule has 0 saturated carbocycles. The topological polar surface area (TPSA) is 78.6 Å². The first-order valence-electron chi connectivity index (χ1n) is 8.99. The van der Waals surface area contributed by atoms with Crippen molar-refractivity contribution in [2.24, 2.45) is 0 Å². The Labute approximate surface area is 153 Å². The van der Waals surface area contributed by atoms with Gasteiger partial charge in [0.15, 0.2) is 0 Å². The summed E-state index contributed by atoms with van der Waals surface area (Å²) in [6, 6.07) is 15.7. The van der Waals surface area contributed by atoms with Crippen LogP contribution in [0.1, 0.15) is 30.9 Å². The summed E-state index contributed by atoms with van der Waals surface area (Å²) in [5, 5.41) is 23.9. The molecule has 1 aliphatic rings. The Kier molecular flexibility index (Phi) is 5.85. The maximum atomic E-state index is 11.3. The summed E-state index contributed by atoms with van der Waals surface area (Å²) < 4.78 is 0. The second kappa shape index (κ2) is 8.29. The number of likely N-dealkylation sites (tertiary alicyclic amines) is 1. The Morgan fingerprint density at radius 3 is 2.65 bits per heavy atom. The fourth-order valence-electron chi connectivity index (χ4n) is 3.58. The molecule has 6 nitrogen and oxygen atoms in total. The van der Waals surface area contributed by atoms with Gasteiger partial charge in [-0.05, 0) is 43.0 Å². The third kappa shape index (κ3) is 4.39. The van der Waals surface area contributed by atoms with E-state index in [-0.39, 0.29) is 23.3 Å². The lowest BCUT2D eigenvalue weighted by atomic mass is 9.97. The molecule has 0 bridgehead atoms. The smallest absolute Gasteiger partial charge is 0.292 e. The van der Waals surface area contributed by atoms with E-state index in [4.69, 9.17) is 0 Å². The minimum absolute atomic E-state index is 0.0570. The van der Waals surface area contributed by atoms with E-state index in [1.54, 1.807) is 12.1 Å². The summed E-state index contributed by atoms with van der Waals surface area (Å²) in [6.45, 7) is 3.95. The van der Waals surface area contributed by atoms with Crippen molar-refractivity contribution in [1.29, 1.82) is 0 Å². The van der Waals surface area contributed by atoms with E-state index in [1.165, 1.54) is 11.6 Å². The van der Waals surface area contributed by atoms with Crippen LogP contribution >= 0.6 is 0 Å². The second-order valence-corrected chi connectivity index (χ2v) is 6.94. The van der Waals surface area contributed by atoms with Crippen molar-refractivity contribution in [2.75, 3.05) is 11.9 Å². The molecule has 3 rings (SSSR count). The molecule has 2 atom stereocenters. The molecule has 6 heteroatoms. The predicted molar refractivity (Wildman–Crippen MR) is 102 cm³/mol. The van der Waals surface area contributed by atoms with Crippen LogP contribution in [0.2, 0.25) is 0 Å². The molecule has 1 fully saturated rings. The van der Waals surface area contributed by atoms with Gasteiger partial charge in [-0.25, -0.2) is 0 Å². The number of aliphatic hydroxyl groups excluding tert-OH is 1. The van der Waals surface area contributed by atoms with Crippen LogP contribution < -0.4 is 5.32 Å². The van der Waals surface area contributed by atoms with Crippen LogP contribution in [0, 0.1) is 10.1 Å². The van der Waals surface area contributed by atoms with Crippen molar-refractivity contribution in [3.05, 3.63) is 69.8 Å². The highest BCUT2D eigenvalue weighted by Crippen LogP contribution is 2.29. The molecule has 2 unspecified atom stereocenters. The molecule has 1 heterocycles. The zero-order valence-electron chi connectivity index (χ0n) is 15.0. The van der Waals surface area contributed by atoms with Crippen molar-refractivity contribution < 1.29 is 10.0 Å². The number of nitro benzene ring substituents is 1. The van der Waals surface area contributed by atoms with Gasteiger partial charge in [-0.15, -0.1) is 0 Å². The van der Waals surface area contributed by atoms with Crippen molar-refractivity contribution in [3.8, 4) is 0 Å². The van der Waals surface area contributed by atoms with E-state index in [9.17, 15) is 15.2 Å². The van der Waals surface area contributed by atoms with Crippen LogP contribution in [0.15, 0.2) is 48.5 Å². The van der Waals surface area contributed by atoms with Gasteiger partial charge in [0.05, 0.1) is 11.5 Å². The third-order valence-corrected chi connectivity index (χ3v) is 5.04. The average molecular weight is 355 g/mol. The lowest BCUT2D eigenvalue weighted by molar-refractivity contribution is -0.384. The number of benzene rings is 2. The molecule has 0 spiro atoms. The van der Waals surface area contributed by atoms with Crippen LogP contribution in [0.4, 0.5) is 11.4 Å². The zero-order valence-corrected chi connectivity index (χ0v) is 15.0. The Bertz CT molecular complexity index is 751. The molecule has 1 saturated heterocycles. The van der Waals surface area contributed by atoms with Gasteiger partial charge in [-0.1, -0.05) is 30.3 Å². The van der Waals surface area contributed by atoms with Crippen LogP contribution in [0.3, 0.4) is 0 Å². The van der Waals surface area contributed by atoms with E-state index < -0.39 is 0 Å². The summed E-state index contributed by atoms with van der Waals surface area (Å²) in [5.41, 5.74) is 2.53. The molecular weight excluding hydrogens is 330 g/mol. The normalized spacial score (nSPS) is 20.7. The van der Waals surface area contributed by atoms with E-state index in [0.717, 1.165) is 25.9 Å². The Hall–Kier alpha value is -2.44. The average Bonchev–Trinajstić information content (AvgIpc) is 2.64. The Morgan fingerprint density at radius 1 is 1.23 bits per heavy atom. The van der Waals surface area contributed by atoms with Gasteiger partial charge >= 0.3 is 0 Å². The van der Waals surface area contributed by atoms with Crippen LogP contribution in [-0.2, 0) is 13.2 Å². The van der Waals surface area contributed by atoms with Gasteiger partial charge in [0.25, 0.3) is 5.69 Å². The number of piperidine rings is 1. The fraction of sp³-hybridized carbons (Fsp3) is 0.400. The second-order valence-electron chi connectivity index (χ2n) is 6.94. The first-order chi connectivity index (χ1) is 12.6. The number of nitrogens with zero attached hydrogens (tertiary/aromatic N) is 2. The predicted octanol–water partition coefficient (Wildman–Crippen LogP) is 3.55. The maximum Gasteiger partial charge on any atom is 0.292 e. The van der Waals surface area contributed by atoms with E-state index >= 15 is 0 Å². The van der Waals surface area contributed by atoms with Gasteiger partial charge < -0.3 is 10.4 Å². The molecule has 26 heavy (non-hydrogen) atoms. The van der Waals surface area contributed by atoms with E-state index in [2.05, 4.69) is 41.4 Å². The highest BCUT2D eigenvalue weighted by Gasteiger charge is 2.27. The number of hydrogen-bond acceptors (Lipinski definition) is 5. The zero-order chi connectivity index (χ0) is 18.5. The number of nitro groups is 1. The minimum atomic E-state index is -0.378. The van der Waals surface area contributed by atoms with Gasteiger partial charge in [0.2, 0.25) is 0 Å². The van der Waals surface area contributed by atoms with Gasteiger partial charge in [-0.2, -0.15) is 0 Å². The van der Waals surface area contributed by atoms with Gasteiger partial charge in [0, 0.05) is 31.2 Å². The Morgan fingerprint density at radius 2 is 2.00 bits per heavy atom. The standard InChI is InChI=1S/C20H25N3O3/c1-15-11-18(9-10-22(15)13-16-5-3-2-4-6-16)21-19-12-17(14-24)7-8-20(19)23(25)26/h2-8,12,15,18,21,24H,9-11,13-14H2,1H3. The van der Waals surface area contributed by atoms with Crippen molar-refractivity contribution in [2.45, 2.75) is 45.0 Å². The molecular formula is C20H25N3O3. The molecule has 0 radical (unpaired) electrons. The minimum Gasteiger partial charge on any atom is -0.392 e. The lowest BCUT2D eigenvalue weighted by Crippen LogP contribution is -2.44. The molecule has 2 N–H and O–H groups in total. The molecule has 0 amide bonds. The quantitative estimate of drug-likeness (QED) is 0.612. The summed E-state index contributed by atoms with van der Waals surface area (Å²) >= 11 is 0.